The van der Waals surface area contributed by atoms with Crippen molar-refractivity contribution in [2.24, 2.45) is 5.73 Å². The molecule has 0 aliphatic carbocycles. The average Bonchev–Trinajstić information content (AvgIpc) is 3.08. The number of aromatic nitrogens is 3. The first kappa shape index (κ1) is 16.4. The summed E-state index contributed by atoms with van der Waals surface area (Å²) < 4.78 is 0.675. The largest absolute Gasteiger partial charge is 0.364 e. The normalized spacial score (nSPS) is 10.8. The van der Waals surface area contributed by atoms with Gasteiger partial charge >= 0.3 is 0 Å². The number of benzene rings is 1. The van der Waals surface area contributed by atoms with E-state index in [-0.39, 0.29) is 5.69 Å². The zero-order valence-electron chi connectivity index (χ0n) is 13.3. The van der Waals surface area contributed by atoms with Crippen LogP contribution < -0.4 is 11.1 Å². The molecule has 1 aromatic carbocycles. The number of fused-ring (bicyclic) bond motifs is 1. The van der Waals surface area contributed by atoms with Gasteiger partial charge in [0.15, 0.2) is 11.5 Å². The number of amides is 1. The zero-order chi connectivity index (χ0) is 18.1. The molecule has 3 heterocycles. The number of nitrogens with two attached hydrogens (primary N) is 1. The smallest absolute Gasteiger partial charge is 0.270 e. The number of carbonyl (C=O) groups excluding carboxylic acids is 1. The second kappa shape index (κ2) is 6.70. The highest BCUT2D eigenvalue weighted by atomic mass is 35.5. The third-order valence-electron chi connectivity index (χ3n) is 3.72. The number of hydrogen-bond donors (Lipinski definition) is 2. The van der Waals surface area contributed by atoms with Crippen molar-refractivity contribution < 1.29 is 4.79 Å². The van der Waals surface area contributed by atoms with Gasteiger partial charge in [0.1, 0.15) is 0 Å². The van der Waals surface area contributed by atoms with E-state index in [1.54, 1.807) is 12.4 Å². The lowest BCUT2D eigenvalue weighted by molar-refractivity contribution is 0.0996. The first-order valence-corrected chi connectivity index (χ1v) is 8.84. The van der Waals surface area contributed by atoms with E-state index in [0.29, 0.717) is 15.5 Å². The number of hydrogen-bond acceptors (Lipinski definition) is 6. The van der Waals surface area contributed by atoms with E-state index in [2.05, 4.69) is 20.5 Å². The Morgan fingerprint density at radius 1 is 1.15 bits per heavy atom. The predicted octanol–water partition coefficient (Wildman–Crippen LogP) is 4.25. The van der Waals surface area contributed by atoms with Gasteiger partial charge in [0.25, 0.3) is 5.91 Å². The number of nitrogens with one attached hydrogen (secondary N) is 1. The molecule has 0 spiro atoms. The van der Waals surface area contributed by atoms with Crippen LogP contribution in [0.2, 0.25) is 5.02 Å². The minimum Gasteiger partial charge on any atom is -0.364 e. The molecule has 0 saturated heterocycles. The summed E-state index contributed by atoms with van der Waals surface area (Å²) in [6.07, 6.45) is 3.37. The maximum absolute atomic E-state index is 11.8. The van der Waals surface area contributed by atoms with Crippen molar-refractivity contribution in [3.05, 3.63) is 65.6 Å². The molecule has 0 aliphatic rings. The van der Waals surface area contributed by atoms with Crippen LogP contribution in [0, 0.1) is 0 Å². The average molecular weight is 382 g/mol. The highest BCUT2D eigenvalue weighted by molar-refractivity contribution is 7.22. The van der Waals surface area contributed by atoms with Gasteiger partial charge in [-0.3, -0.25) is 9.78 Å². The number of nitrogens with zero attached hydrogens (tertiary/aromatic N) is 3. The van der Waals surface area contributed by atoms with Crippen LogP contribution >= 0.6 is 22.9 Å². The van der Waals surface area contributed by atoms with Crippen molar-refractivity contribution in [1.82, 2.24) is 15.2 Å². The van der Waals surface area contributed by atoms with Gasteiger partial charge in [-0.15, -0.1) is 21.5 Å². The summed E-state index contributed by atoms with van der Waals surface area (Å²) in [5, 5.41) is 12.7. The van der Waals surface area contributed by atoms with Crippen molar-refractivity contribution in [3.8, 4) is 10.4 Å². The molecule has 3 aromatic heterocycles. The third kappa shape index (κ3) is 3.10. The lowest BCUT2D eigenvalue weighted by atomic mass is 10.1. The molecular weight excluding hydrogens is 370 g/mol. The lowest BCUT2D eigenvalue weighted by Crippen LogP contribution is -2.14. The van der Waals surface area contributed by atoms with E-state index >= 15 is 0 Å². The van der Waals surface area contributed by atoms with Crippen LogP contribution in [0.4, 0.5) is 11.5 Å². The molecule has 0 bridgehead atoms. The summed E-state index contributed by atoms with van der Waals surface area (Å²) in [6.45, 7) is 0. The van der Waals surface area contributed by atoms with Gasteiger partial charge in [0.2, 0.25) is 0 Å². The molecule has 4 rings (SSSR count). The second-order valence-electron chi connectivity index (χ2n) is 5.49. The van der Waals surface area contributed by atoms with Gasteiger partial charge in [0, 0.05) is 21.5 Å². The molecule has 0 aliphatic heterocycles. The Labute approximate surface area is 157 Å². The van der Waals surface area contributed by atoms with Crippen LogP contribution in [-0.4, -0.2) is 21.1 Å². The quantitative estimate of drug-likeness (QED) is 0.551. The summed E-state index contributed by atoms with van der Waals surface area (Å²) in [7, 11) is 0. The summed E-state index contributed by atoms with van der Waals surface area (Å²) >= 11 is 7.52. The molecule has 6 nitrogen and oxygen atoms in total. The molecule has 26 heavy (non-hydrogen) atoms. The Morgan fingerprint density at radius 3 is 2.77 bits per heavy atom. The number of pyridine rings is 1. The van der Waals surface area contributed by atoms with E-state index in [9.17, 15) is 4.79 Å². The van der Waals surface area contributed by atoms with Gasteiger partial charge in [0.05, 0.1) is 16.6 Å². The molecule has 128 valence electrons. The van der Waals surface area contributed by atoms with E-state index in [4.69, 9.17) is 17.3 Å². The number of anilines is 2. The third-order valence-corrected chi connectivity index (χ3v) is 5.15. The second-order valence-corrected chi connectivity index (χ2v) is 6.98. The van der Waals surface area contributed by atoms with Crippen LogP contribution in [0.1, 0.15) is 10.5 Å². The SMILES string of the molecule is NC(=O)c1nnc(Nc2cccnc2)c2cc(-c3cccc(Cl)c3)sc12. The van der Waals surface area contributed by atoms with Gasteiger partial charge < -0.3 is 11.1 Å². The van der Waals surface area contributed by atoms with Crippen LogP contribution in [0.3, 0.4) is 0 Å². The summed E-state index contributed by atoms with van der Waals surface area (Å²) in [5.74, 6) is -0.0857. The Hall–Kier alpha value is -3.03. The fourth-order valence-electron chi connectivity index (χ4n) is 2.55. The fourth-order valence-corrected chi connectivity index (χ4v) is 3.89. The topological polar surface area (TPSA) is 93.8 Å². The van der Waals surface area contributed by atoms with E-state index in [1.807, 2.05) is 42.5 Å². The number of thiophene rings is 1. The molecule has 3 N–H and O–H groups in total. The molecule has 0 saturated carbocycles. The standard InChI is InChI=1S/C18H12ClN5OS/c19-11-4-1-3-10(7-11)14-8-13-16(26-14)15(17(20)25)23-24-18(13)22-12-5-2-6-21-9-12/h1-9H,(H2,20,25)(H,22,24). The van der Waals surface area contributed by atoms with Gasteiger partial charge in [-0.1, -0.05) is 23.7 Å². The molecule has 0 atom stereocenters. The van der Waals surface area contributed by atoms with Crippen LogP contribution in [0.5, 0.6) is 0 Å². The van der Waals surface area contributed by atoms with Gasteiger partial charge in [-0.2, -0.15) is 0 Å². The van der Waals surface area contributed by atoms with Crippen molar-refractivity contribution in [2.75, 3.05) is 5.32 Å². The molecule has 4 aromatic rings. The zero-order valence-corrected chi connectivity index (χ0v) is 14.9. The van der Waals surface area contributed by atoms with Gasteiger partial charge in [-0.05, 0) is 35.9 Å². The molecule has 0 fully saturated rings. The first-order chi connectivity index (χ1) is 12.6. The van der Waals surface area contributed by atoms with Crippen molar-refractivity contribution >= 4 is 50.4 Å². The number of primary amides is 1. The summed E-state index contributed by atoms with van der Waals surface area (Å²) in [5.41, 5.74) is 7.33. The molecule has 0 radical (unpaired) electrons. The molecular formula is C18H12ClN5OS. The summed E-state index contributed by atoms with van der Waals surface area (Å²) in [4.78, 5) is 16.8. The Balaban J connectivity index is 1.88. The molecule has 8 heteroatoms. The maximum Gasteiger partial charge on any atom is 0.270 e. The van der Waals surface area contributed by atoms with Crippen LogP contribution in [0.25, 0.3) is 20.5 Å². The number of rotatable bonds is 4. The number of halogens is 1. The summed E-state index contributed by atoms with van der Waals surface area (Å²) in [6, 6.07) is 13.1. The van der Waals surface area contributed by atoms with Crippen molar-refractivity contribution in [2.45, 2.75) is 0 Å². The van der Waals surface area contributed by atoms with E-state index < -0.39 is 5.91 Å². The monoisotopic (exact) mass is 381 g/mol. The van der Waals surface area contributed by atoms with Crippen molar-refractivity contribution in [3.63, 3.8) is 0 Å². The van der Waals surface area contributed by atoms with Crippen LogP contribution in [-0.2, 0) is 0 Å². The minimum atomic E-state index is -0.616. The number of carbonyl (C=O) groups is 1. The van der Waals surface area contributed by atoms with Crippen molar-refractivity contribution in [1.29, 1.82) is 0 Å². The molecule has 0 unspecified atom stereocenters. The predicted molar refractivity (Wildman–Crippen MR) is 104 cm³/mol. The van der Waals surface area contributed by atoms with E-state index in [1.165, 1.54) is 11.3 Å². The minimum absolute atomic E-state index is 0.148. The van der Waals surface area contributed by atoms with Gasteiger partial charge in [-0.25, -0.2) is 0 Å². The van der Waals surface area contributed by atoms with E-state index in [0.717, 1.165) is 21.5 Å². The Morgan fingerprint density at radius 2 is 2.04 bits per heavy atom. The Bertz CT molecular complexity index is 1110. The fraction of sp³-hybridized carbons (Fsp3) is 0. The lowest BCUT2D eigenvalue weighted by Gasteiger charge is -2.06. The maximum atomic E-state index is 11.8. The first-order valence-electron chi connectivity index (χ1n) is 7.65. The highest BCUT2D eigenvalue weighted by Gasteiger charge is 2.18. The highest BCUT2D eigenvalue weighted by Crippen LogP contribution is 2.38. The molecule has 1 amide bonds. The Kier molecular flexibility index (Phi) is 4.24. The van der Waals surface area contributed by atoms with Crippen LogP contribution in [0.15, 0.2) is 54.9 Å².